The van der Waals surface area contributed by atoms with Gasteiger partial charge in [0.1, 0.15) is 0 Å². The number of nitrogens with zero attached hydrogens (tertiary/aromatic N) is 2. The summed E-state index contributed by atoms with van der Waals surface area (Å²) >= 11 is 0. The van der Waals surface area contributed by atoms with Crippen LogP contribution in [0.4, 0.5) is 0 Å². The number of hydrogen-bond donors (Lipinski definition) is 1. The molecule has 4 heteroatoms. The third-order valence-electron chi connectivity index (χ3n) is 2.83. The molecule has 0 saturated carbocycles. The van der Waals surface area contributed by atoms with E-state index in [1.54, 1.807) is 10.9 Å². The number of fused-ring (bicyclic) bond motifs is 1. The summed E-state index contributed by atoms with van der Waals surface area (Å²) in [6.45, 7) is 1.43. The molecule has 2 rings (SSSR count). The lowest BCUT2D eigenvalue weighted by Gasteiger charge is -2.05. The van der Waals surface area contributed by atoms with Crippen LogP contribution >= 0.6 is 0 Å². The van der Waals surface area contributed by atoms with Crippen molar-refractivity contribution in [1.82, 2.24) is 9.55 Å². The highest BCUT2D eigenvalue weighted by atomic mass is 16.1. The fourth-order valence-corrected chi connectivity index (χ4v) is 1.87. The lowest BCUT2D eigenvalue weighted by atomic mass is 10.2. The molecule has 0 saturated heterocycles. The molecule has 0 radical (unpaired) electrons. The first-order valence-corrected chi connectivity index (χ1v) is 5.97. The predicted octanol–water partition coefficient (Wildman–Crippen LogP) is 1.53. The van der Waals surface area contributed by atoms with Crippen molar-refractivity contribution >= 4 is 10.9 Å². The minimum Gasteiger partial charge on any atom is -0.330 e. The summed E-state index contributed by atoms with van der Waals surface area (Å²) in [7, 11) is 0. The number of para-hydroxylation sites is 1. The van der Waals surface area contributed by atoms with Crippen molar-refractivity contribution in [3.05, 3.63) is 40.9 Å². The highest BCUT2D eigenvalue weighted by molar-refractivity contribution is 5.76. The summed E-state index contributed by atoms with van der Waals surface area (Å²) in [5, 5.41) is 0.689. The highest BCUT2D eigenvalue weighted by Crippen LogP contribution is 2.05. The maximum atomic E-state index is 12.1. The number of hydrogen-bond acceptors (Lipinski definition) is 3. The summed E-state index contributed by atoms with van der Waals surface area (Å²) < 4.78 is 1.68. The van der Waals surface area contributed by atoms with Gasteiger partial charge in [-0.3, -0.25) is 9.36 Å². The summed E-state index contributed by atoms with van der Waals surface area (Å²) in [5.41, 5.74) is 6.24. The van der Waals surface area contributed by atoms with Crippen molar-refractivity contribution < 1.29 is 0 Å². The van der Waals surface area contributed by atoms with Crippen LogP contribution in [0.15, 0.2) is 35.4 Å². The van der Waals surface area contributed by atoms with Crippen molar-refractivity contribution in [3.8, 4) is 0 Å². The van der Waals surface area contributed by atoms with E-state index in [0.29, 0.717) is 11.9 Å². The van der Waals surface area contributed by atoms with E-state index >= 15 is 0 Å². The molecule has 0 spiro atoms. The number of rotatable bonds is 5. The van der Waals surface area contributed by atoms with E-state index in [1.807, 2.05) is 24.3 Å². The Labute approximate surface area is 100 Å². The lowest BCUT2D eigenvalue weighted by Crippen LogP contribution is -2.20. The van der Waals surface area contributed by atoms with Crippen LogP contribution in [-0.2, 0) is 6.54 Å². The van der Waals surface area contributed by atoms with E-state index < -0.39 is 0 Å². The summed E-state index contributed by atoms with van der Waals surface area (Å²) in [6.07, 6.45) is 4.66. The van der Waals surface area contributed by atoms with Gasteiger partial charge in [-0.15, -0.1) is 0 Å². The van der Waals surface area contributed by atoms with E-state index in [-0.39, 0.29) is 5.56 Å². The van der Waals surface area contributed by atoms with Crippen molar-refractivity contribution in [3.63, 3.8) is 0 Å². The molecule has 1 aromatic carbocycles. The molecule has 0 aliphatic carbocycles. The molecule has 0 aliphatic heterocycles. The van der Waals surface area contributed by atoms with Crippen LogP contribution in [0.3, 0.4) is 0 Å². The number of benzene rings is 1. The van der Waals surface area contributed by atoms with Crippen LogP contribution in [0.5, 0.6) is 0 Å². The van der Waals surface area contributed by atoms with Crippen LogP contribution < -0.4 is 11.3 Å². The summed E-state index contributed by atoms with van der Waals surface area (Å²) in [4.78, 5) is 16.4. The number of unbranched alkanes of at least 4 members (excludes halogenated alkanes) is 2. The van der Waals surface area contributed by atoms with Gasteiger partial charge in [-0.1, -0.05) is 18.6 Å². The molecule has 0 fully saturated rings. The molecule has 0 bridgehead atoms. The molecule has 17 heavy (non-hydrogen) atoms. The zero-order valence-corrected chi connectivity index (χ0v) is 9.80. The van der Waals surface area contributed by atoms with E-state index in [9.17, 15) is 4.79 Å². The second-order valence-corrected chi connectivity index (χ2v) is 4.11. The van der Waals surface area contributed by atoms with Crippen LogP contribution in [0.25, 0.3) is 10.9 Å². The van der Waals surface area contributed by atoms with Gasteiger partial charge in [0.15, 0.2) is 0 Å². The van der Waals surface area contributed by atoms with Crippen LogP contribution in [0, 0.1) is 0 Å². The Morgan fingerprint density at radius 2 is 2.00 bits per heavy atom. The van der Waals surface area contributed by atoms with Gasteiger partial charge < -0.3 is 5.73 Å². The highest BCUT2D eigenvalue weighted by Gasteiger charge is 2.02. The molecule has 0 unspecified atom stereocenters. The number of aryl methyl sites for hydroxylation is 1. The Hall–Kier alpha value is -1.68. The monoisotopic (exact) mass is 231 g/mol. The Morgan fingerprint density at radius 1 is 1.18 bits per heavy atom. The Kier molecular flexibility index (Phi) is 3.88. The summed E-state index contributed by atoms with van der Waals surface area (Å²) in [5.74, 6) is 0. The third-order valence-corrected chi connectivity index (χ3v) is 2.83. The molecule has 90 valence electrons. The van der Waals surface area contributed by atoms with Crippen LogP contribution in [0.2, 0.25) is 0 Å². The number of nitrogens with two attached hydrogens (primary N) is 1. The van der Waals surface area contributed by atoms with Gasteiger partial charge in [0.05, 0.1) is 17.2 Å². The first-order chi connectivity index (χ1) is 8.33. The van der Waals surface area contributed by atoms with Crippen LogP contribution in [-0.4, -0.2) is 16.1 Å². The van der Waals surface area contributed by atoms with E-state index in [1.165, 1.54) is 0 Å². The van der Waals surface area contributed by atoms with Gasteiger partial charge in [-0.2, -0.15) is 0 Å². The smallest absolute Gasteiger partial charge is 0.261 e. The van der Waals surface area contributed by atoms with Gasteiger partial charge in [-0.05, 0) is 31.5 Å². The molecule has 4 nitrogen and oxygen atoms in total. The van der Waals surface area contributed by atoms with Gasteiger partial charge in [0.2, 0.25) is 0 Å². The zero-order valence-electron chi connectivity index (χ0n) is 9.80. The van der Waals surface area contributed by atoms with Gasteiger partial charge >= 0.3 is 0 Å². The molecule has 2 aromatic rings. The average Bonchev–Trinajstić information content (AvgIpc) is 2.37. The standard InChI is InChI=1S/C13H17N3O/c14-8-4-1-5-9-16-10-15-12-7-3-2-6-11(12)13(16)17/h2-3,6-7,10H,1,4-5,8-9,14H2. The van der Waals surface area contributed by atoms with Gasteiger partial charge in [0.25, 0.3) is 5.56 Å². The molecular weight excluding hydrogens is 214 g/mol. The largest absolute Gasteiger partial charge is 0.330 e. The molecule has 0 atom stereocenters. The van der Waals surface area contributed by atoms with E-state index in [0.717, 1.165) is 31.3 Å². The molecule has 0 amide bonds. The Morgan fingerprint density at radius 3 is 2.82 bits per heavy atom. The molecular formula is C13H17N3O. The average molecular weight is 231 g/mol. The maximum Gasteiger partial charge on any atom is 0.261 e. The quantitative estimate of drug-likeness (QED) is 0.794. The topological polar surface area (TPSA) is 60.9 Å². The van der Waals surface area contributed by atoms with Crippen molar-refractivity contribution in [2.24, 2.45) is 5.73 Å². The fraction of sp³-hybridized carbons (Fsp3) is 0.385. The second kappa shape index (κ2) is 5.59. The second-order valence-electron chi connectivity index (χ2n) is 4.11. The molecule has 1 heterocycles. The SMILES string of the molecule is NCCCCCn1cnc2ccccc2c1=O. The Balaban J connectivity index is 2.18. The third kappa shape index (κ3) is 2.71. The number of aromatic nitrogens is 2. The van der Waals surface area contributed by atoms with Crippen molar-refractivity contribution in [1.29, 1.82) is 0 Å². The fourth-order valence-electron chi connectivity index (χ4n) is 1.87. The minimum absolute atomic E-state index is 0.0448. The first-order valence-electron chi connectivity index (χ1n) is 5.97. The minimum atomic E-state index is 0.0448. The lowest BCUT2D eigenvalue weighted by molar-refractivity contribution is 0.575. The normalized spacial score (nSPS) is 10.9. The van der Waals surface area contributed by atoms with Crippen LogP contribution in [0.1, 0.15) is 19.3 Å². The van der Waals surface area contributed by atoms with E-state index in [2.05, 4.69) is 4.98 Å². The molecule has 0 aliphatic rings. The van der Waals surface area contributed by atoms with E-state index in [4.69, 9.17) is 5.73 Å². The van der Waals surface area contributed by atoms with Gasteiger partial charge in [0, 0.05) is 6.54 Å². The van der Waals surface area contributed by atoms with Crippen molar-refractivity contribution in [2.45, 2.75) is 25.8 Å². The molecule has 2 N–H and O–H groups in total. The predicted molar refractivity (Wildman–Crippen MR) is 68.9 cm³/mol. The van der Waals surface area contributed by atoms with Crippen molar-refractivity contribution in [2.75, 3.05) is 6.54 Å². The summed E-state index contributed by atoms with van der Waals surface area (Å²) in [6, 6.07) is 7.43. The zero-order chi connectivity index (χ0) is 12.1. The van der Waals surface area contributed by atoms with Gasteiger partial charge in [-0.25, -0.2) is 4.98 Å². The Bertz CT molecular complexity index is 548. The molecule has 1 aromatic heterocycles. The first kappa shape index (κ1) is 11.8. The maximum absolute atomic E-state index is 12.1.